The van der Waals surface area contributed by atoms with Gasteiger partial charge in [-0.15, -0.1) is 12.6 Å². The monoisotopic (exact) mass is 234 g/mol. The number of Topliss-reactive ketones (excluding diaryl/α,β-unsaturated/α-hetero) is 1. The molecule has 16 heavy (non-hydrogen) atoms. The van der Waals surface area contributed by atoms with E-state index in [0.717, 1.165) is 19.3 Å². The van der Waals surface area contributed by atoms with Crippen molar-refractivity contribution in [2.75, 3.05) is 0 Å². The second kappa shape index (κ2) is 4.83. The molecule has 0 spiro atoms. The second-order valence-electron chi connectivity index (χ2n) is 4.21. The van der Waals surface area contributed by atoms with Gasteiger partial charge in [0.05, 0.1) is 0 Å². The van der Waals surface area contributed by atoms with Crippen molar-refractivity contribution in [3.63, 3.8) is 0 Å². The van der Waals surface area contributed by atoms with Gasteiger partial charge in [-0.3, -0.25) is 9.59 Å². The molecule has 1 fully saturated rings. The first-order valence-electron chi connectivity index (χ1n) is 5.52. The van der Waals surface area contributed by atoms with Gasteiger partial charge < -0.3 is 0 Å². The van der Waals surface area contributed by atoms with Crippen LogP contribution in [0, 0.1) is 11.8 Å². The van der Waals surface area contributed by atoms with Crippen molar-refractivity contribution in [1.29, 1.82) is 0 Å². The average Bonchev–Trinajstić information content (AvgIpc) is 2.78. The van der Waals surface area contributed by atoms with Gasteiger partial charge in [0.1, 0.15) is 0 Å². The Morgan fingerprint density at radius 3 is 2.31 bits per heavy atom. The topological polar surface area (TPSA) is 34.1 Å². The minimum absolute atomic E-state index is 0.0884. The molecule has 0 amide bonds. The number of hydrogen-bond acceptors (Lipinski definition) is 2. The summed E-state index contributed by atoms with van der Waals surface area (Å²) in [6, 6.07) is 9.19. The van der Waals surface area contributed by atoms with Gasteiger partial charge in [0.2, 0.25) is 0 Å². The van der Waals surface area contributed by atoms with Gasteiger partial charge in [-0.2, -0.15) is 0 Å². The van der Waals surface area contributed by atoms with Crippen LogP contribution in [0.1, 0.15) is 29.6 Å². The molecule has 2 nitrogen and oxygen atoms in total. The summed E-state index contributed by atoms with van der Waals surface area (Å²) in [4.78, 5) is 23.5. The first kappa shape index (κ1) is 11.4. The van der Waals surface area contributed by atoms with E-state index in [2.05, 4.69) is 12.6 Å². The molecule has 1 aromatic rings. The third kappa shape index (κ3) is 2.19. The van der Waals surface area contributed by atoms with E-state index in [-0.39, 0.29) is 22.7 Å². The standard InChI is InChI=1S/C13H14O2S/c14-12(9-5-2-1-3-6-9)10-7-4-8-11(10)13(15)16/h1-3,5-6,10-11H,4,7-8H2,(H,15,16). The highest BCUT2D eigenvalue weighted by Gasteiger charge is 2.36. The van der Waals surface area contributed by atoms with E-state index in [9.17, 15) is 9.59 Å². The zero-order chi connectivity index (χ0) is 11.5. The lowest BCUT2D eigenvalue weighted by atomic mass is 9.89. The molecule has 0 N–H and O–H groups in total. The smallest absolute Gasteiger partial charge is 0.189 e. The van der Waals surface area contributed by atoms with Crippen LogP contribution in [-0.2, 0) is 4.79 Å². The number of ketones is 1. The number of rotatable bonds is 3. The average molecular weight is 234 g/mol. The van der Waals surface area contributed by atoms with Crippen LogP contribution < -0.4 is 0 Å². The number of carbonyl (C=O) groups excluding carboxylic acids is 2. The lowest BCUT2D eigenvalue weighted by Crippen LogP contribution is -2.23. The van der Waals surface area contributed by atoms with Gasteiger partial charge in [-0.1, -0.05) is 36.8 Å². The molecular weight excluding hydrogens is 220 g/mol. The third-order valence-electron chi connectivity index (χ3n) is 3.23. The van der Waals surface area contributed by atoms with Crippen LogP contribution in [0.25, 0.3) is 0 Å². The third-order valence-corrected chi connectivity index (χ3v) is 3.56. The van der Waals surface area contributed by atoms with Gasteiger partial charge in [-0.25, -0.2) is 0 Å². The summed E-state index contributed by atoms with van der Waals surface area (Å²) in [5, 5.41) is -0.146. The van der Waals surface area contributed by atoms with E-state index < -0.39 is 0 Å². The molecule has 2 unspecified atom stereocenters. The predicted molar refractivity (Wildman–Crippen MR) is 65.6 cm³/mol. The normalized spacial score (nSPS) is 24.3. The SMILES string of the molecule is O=C(S)C1CCCC1C(=O)c1ccccc1. The van der Waals surface area contributed by atoms with E-state index in [1.54, 1.807) is 12.1 Å². The van der Waals surface area contributed by atoms with Crippen molar-refractivity contribution in [3.8, 4) is 0 Å². The Labute approximate surface area is 100 Å². The molecule has 0 bridgehead atoms. The molecule has 1 aliphatic rings. The number of thiol groups is 1. The number of benzene rings is 1. The Bertz CT molecular complexity index is 400. The minimum atomic E-state index is -0.184. The van der Waals surface area contributed by atoms with Crippen molar-refractivity contribution in [1.82, 2.24) is 0 Å². The summed E-state index contributed by atoms with van der Waals surface area (Å²) in [5.41, 5.74) is 0.703. The summed E-state index contributed by atoms with van der Waals surface area (Å²) < 4.78 is 0. The number of carbonyl (C=O) groups is 2. The van der Waals surface area contributed by atoms with E-state index in [0.29, 0.717) is 5.56 Å². The fraction of sp³-hybridized carbons (Fsp3) is 0.385. The fourth-order valence-corrected chi connectivity index (χ4v) is 2.69. The van der Waals surface area contributed by atoms with Crippen molar-refractivity contribution in [2.45, 2.75) is 19.3 Å². The molecule has 0 heterocycles. The molecule has 84 valence electrons. The predicted octanol–water partition coefficient (Wildman–Crippen LogP) is 2.74. The maximum absolute atomic E-state index is 12.2. The van der Waals surface area contributed by atoms with Crippen molar-refractivity contribution >= 4 is 23.5 Å². The molecule has 1 saturated carbocycles. The molecule has 0 saturated heterocycles. The molecular formula is C13H14O2S. The fourth-order valence-electron chi connectivity index (χ4n) is 2.39. The molecule has 0 aliphatic heterocycles. The molecule has 3 heteroatoms. The Morgan fingerprint density at radius 2 is 1.69 bits per heavy atom. The van der Waals surface area contributed by atoms with Gasteiger partial charge in [-0.05, 0) is 12.8 Å². The van der Waals surface area contributed by atoms with Gasteiger partial charge >= 0.3 is 0 Å². The van der Waals surface area contributed by atoms with Crippen LogP contribution in [0.2, 0.25) is 0 Å². The summed E-state index contributed by atoms with van der Waals surface area (Å²) in [6.07, 6.45) is 2.55. The summed E-state index contributed by atoms with van der Waals surface area (Å²) in [5.74, 6) is -0.256. The van der Waals surface area contributed by atoms with E-state index in [1.165, 1.54) is 0 Å². The highest BCUT2D eigenvalue weighted by atomic mass is 32.1. The minimum Gasteiger partial charge on any atom is -0.294 e. The highest BCUT2D eigenvalue weighted by Crippen LogP contribution is 2.35. The maximum Gasteiger partial charge on any atom is 0.189 e. The van der Waals surface area contributed by atoms with Crippen LogP contribution in [-0.4, -0.2) is 10.9 Å². The van der Waals surface area contributed by atoms with Crippen LogP contribution in [0.15, 0.2) is 30.3 Å². The van der Waals surface area contributed by atoms with Crippen LogP contribution in [0.3, 0.4) is 0 Å². The second-order valence-corrected chi connectivity index (χ2v) is 4.65. The quantitative estimate of drug-likeness (QED) is 0.644. The van der Waals surface area contributed by atoms with Crippen LogP contribution in [0.4, 0.5) is 0 Å². The molecule has 0 radical (unpaired) electrons. The largest absolute Gasteiger partial charge is 0.294 e. The van der Waals surface area contributed by atoms with E-state index in [1.807, 2.05) is 18.2 Å². The zero-order valence-corrected chi connectivity index (χ0v) is 9.82. The van der Waals surface area contributed by atoms with Gasteiger partial charge in [0.15, 0.2) is 10.9 Å². The lowest BCUT2D eigenvalue weighted by Gasteiger charge is -2.14. The maximum atomic E-state index is 12.2. The van der Waals surface area contributed by atoms with Gasteiger partial charge in [0, 0.05) is 17.4 Å². The van der Waals surface area contributed by atoms with Crippen molar-refractivity contribution in [3.05, 3.63) is 35.9 Å². The first-order valence-corrected chi connectivity index (χ1v) is 5.97. The Kier molecular flexibility index (Phi) is 3.44. The van der Waals surface area contributed by atoms with E-state index >= 15 is 0 Å². The Hall–Kier alpha value is -1.09. The highest BCUT2D eigenvalue weighted by molar-refractivity contribution is 7.96. The first-order chi connectivity index (χ1) is 7.70. The van der Waals surface area contributed by atoms with Crippen LogP contribution >= 0.6 is 12.6 Å². The van der Waals surface area contributed by atoms with Crippen molar-refractivity contribution < 1.29 is 9.59 Å². The molecule has 1 aliphatic carbocycles. The van der Waals surface area contributed by atoms with Crippen LogP contribution in [0.5, 0.6) is 0 Å². The Morgan fingerprint density at radius 1 is 1.06 bits per heavy atom. The van der Waals surface area contributed by atoms with E-state index in [4.69, 9.17) is 0 Å². The van der Waals surface area contributed by atoms with Gasteiger partial charge in [0.25, 0.3) is 0 Å². The molecule has 2 atom stereocenters. The summed E-state index contributed by atoms with van der Waals surface area (Å²) in [6.45, 7) is 0. The molecule has 2 rings (SSSR count). The molecule has 1 aromatic carbocycles. The van der Waals surface area contributed by atoms with Crippen molar-refractivity contribution in [2.24, 2.45) is 11.8 Å². The zero-order valence-electron chi connectivity index (χ0n) is 8.93. The Balaban J connectivity index is 2.19. The summed E-state index contributed by atoms with van der Waals surface area (Å²) >= 11 is 3.87. The lowest BCUT2D eigenvalue weighted by molar-refractivity contribution is -0.114. The summed E-state index contributed by atoms with van der Waals surface area (Å²) in [7, 11) is 0. The number of hydrogen-bond donors (Lipinski definition) is 1. The molecule has 0 aromatic heterocycles.